The second-order valence-corrected chi connectivity index (χ2v) is 9.24. The van der Waals surface area contributed by atoms with Gasteiger partial charge in [0.2, 0.25) is 12.2 Å². The Labute approximate surface area is 195 Å². The van der Waals surface area contributed by atoms with E-state index in [2.05, 4.69) is 23.5 Å². The SMILES string of the molecule is CC(=O)NCCc1ccc(O[C@@H]2OC3(CC=CC3)[C@H](C)[C@@H](O)[C@H]2O)cc1-c1cccc(C)c1. The molecular weight excluding hydrogens is 418 g/mol. The minimum Gasteiger partial charge on any atom is -0.462 e. The lowest BCUT2D eigenvalue weighted by atomic mass is 9.78. The fourth-order valence-electron chi connectivity index (χ4n) is 4.82. The number of rotatable bonds is 6. The van der Waals surface area contributed by atoms with Crippen LogP contribution in [0.1, 0.15) is 37.8 Å². The highest BCUT2D eigenvalue weighted by Crippen LogP contribution is 2.43. The van der Waals surface area contributed by atoms with Crippen molar-refractivity contribution in [3.63, 3.8) is 0 Å². The van der Waals surface area contributed by atoms with Gasteiger partial charge in [0.05, 0.1) is 11.7 Å². The number of ether oxygens (including phenoxy) is 2. The Kier molecular flexibility index (Phi) is 6.88. The average Bonchev–Trinajstić information content (AvgIpc) is 3.26. The normalized spacial score (nSPS) is 25.8. The minimum absolute atomic E-state index is 0.0568. The molecule has 6 heteroatoms. The maximum absolute atomic E-state index is 11.3. The van der Waals surface area contributed by atoms with E-state index in [4.69, 9.17) is 9.47 Å². The molecule has 1 saturated heterocycles. The first-order chi connectivity index (χ1) is 15.8. The molecule has 3 N–H and O–H groups in total. The summed E-state index contributed by atoms with van der Waals surface area (Å²) in [5.74, 6) is 0.293. The number of amides is 1. The van der Waals surface area contributed by atoms with Crippen molar-refractivity contribution < 1.29 is 24.5 Å². The van der Waals surface area contributed by atoms with Gasteiger partial charge in [-0.3, -0.25) is 4.79 Å². The molecule has 1 spiro atoms. The zero-order valence-electron chi connectivity index (χ0n) is 19.5. The summed E-state index contributed by atoms with van der Waals surface area (Å²) in [6.45, 7) is 6.01. The monoisotopic (exact) mass is 451 g/mol. The van der Waals surface area contributed by atoms with Gasteiger partial charge in [-0.15, -0.1) is 0 Å². The first-order valence-corrected chi connectivity index (χ1v) is 11.6. The molecule has 33 heavy (non-hydrogen) atoms. The van der Waals surface area contributed by atoms with E-state index in [1.807, 2.05) is 50.2 Å². The number of carbonyl (C=O) groups is 1. The number of aliphatic hydroxyl groups is 2. The smallest absolute Gasteiger partial charge is 0.229 e. The molecule has 0 saturated carbocycles. The predicted octanol–water partition coefficient (Wildman–Crippen LogP) is 3.52. The van der Waals surface area contributed by atoms with Crippen molar-refractivity contribution in [1.82, 2.24) is 5.32 Å². The molecule has 0 radical (unpaired) electrons. The maximum atomic E-state index is 11.3. The summed E-state index contributed by atoms with van der Waals surface area (Å²) in [5, 5.41) is 24.2. The second-order valence-electron chi connectivity index (χ2n) is 9.24. The van der Waals surface area contributed by atoms with Crippen molar-refractivity contribution in [3.8, 4) is 16.9 Å². The van der Waals surface area contributed by atoms with Crippen LogP contribution in [0.25, 0.3) is 11.1 Å². The van der Waals surface area contributed by atoms with E-state index in [0.29, 0.717) is 31.6 Å². The van der Waals surface area contributed by atoms with E-state index in [1.165, 1.54) is 6.92 Å². The molecule has 2 aromatic carbocycles. The van der Waals surface area contributed by atoms with Crippen LogP contribution in [0.2, 0.25) is 0 Å². The van der Waals surface area contributed by atoms with E-state index < -0.39 is 24.1 Å². The van der Waals surface area contributed by atoms with Crippen molar-refractivity contribution >= 4 is 5.91 Å². The van der Waals surface area contributed by atoms with E-state index in [0.717, 1.165) is 22.3 Å². The topological polar surface area (TPSA) is 88.0 Å². The summed E-state index contributed by atoms with van der Waals surface area (Å²) in [5.41, 5.74) is 3.72. The number of nitrogens with one attached hydrogen (secondary N) is 1. The van der Waals surface area contributed by atoms with Crippen molar-refractivity contribution in [3.05, 3.63) is 65.7 Å². The third-order valence-electron chi connectivity index (χ3n) is 6.85. The van der Waals surface area contributed by atoms with Gasteiger partial charge in [-0.2, -0.15) is 0 Å². The number of aliphatic hydroxyl groups excluding tert-OH is 2. The number of aryl methyl sites for hydroxylation is 1. The molecule has 6 nitrogen and oxygen atoms in total. The number of hydrogen-bond acceptors (Lipinski definition) is 5. The fraction of sp³-hybridized carbons (Fsp3) is 0.444. The third kappa shape index (κ3) is 4.98. The average molecular weight is 452 g/mol. The molecule has 1 aliphatic carbocycles. The van der Waals surface area contributed by atoms with E-state index >= 15 is 0 Å². The highest BCUT2D eigenvalue weighted by molar-refractivity contribution is 5.73. The molecule has 0 aromatic heterocycles. The van der Waals surface area contributed by atoms with Crippen molar-refractivity contribution in [2.45, 2.75) is 64.1 Å². The molecule has 1 aliphatic heterocycles. The van der Waals surface area contributed by atoms with Gasteiger partial charge in [0.1, 0.15) is 11.9 Å². The van der Waals surface area contributed by atoms with Gasteiger partial charge in [-0.1, -0.05) is 55.0 Å². The predicted molar refractivity (Wildman–Crippen MR) is 127 cm³/mol. The van der Waals surface area contributed by atoms with Crippen LogP contribution in [0.3, 0.4) is 0 Å². The second kappa shape index (κ2) is 9.67. The van der Waals surface area contributed by atoms with E-state index in [1.54, 1.807) is 0 Å². The number of benzene rings is 2. The van der Waals surface area contributed by atoms with Gasteiger partial charge in [0, 0.05) is 19.4 Å². The zero-order chi connectivity index (χ0) is 23.6. The standard InChI is InChI=1S/C27H33NO5/c1-17-7-6-8-21(15-17)23-16-22(10-9-20(23)11-14-28-19(3)29)32-26-25(31)24(30)18(2)27(33-26)12-4-5-13-27/h4-10,15-16,18,24-26,30-31H,11-14H2,1-3H3,(H,28,29)/t18-,24-,25-,26-/m1/s1. The van der Waals surface area contributed by atoms with E-state index in [-0.39, 0.29) is 11.8 Å². The van der Waals surface area contributed by atoms with Crippen LogP contribution in [0.4, 0.5) is 0 Å². The summed E-state index contributed by atoms with van der Waals surface area (Å²) < 4.78 is 12.4. The van der Waals surface area contributed by atoms with Crippen LogP contribution in [0.5, 0.6) is 5.75 Å². The highest BCUT2D eigenvalue weighted by atomic mass is 16.7. The van der Waals surface area contributed by atoms with Crippen LogP contribution in [-0.2, 0) is 16.0 Å². The van der Waals surface area contributed by atoms with Crippen molar-refractivity contribution in [2.24, 2.45) is 5.92 Å². The van der Waals surface area contributed by atoms with Crippen LogP contribution >= 0.6 is 0 Å². The number of hydrogen-bond donors (Lipinski definition) is 3. The quantitative estimate of drug-likeness (QED) is 0.585. The Hall–Kier alpha value is -2.67. The molecule has 0 bridgehead atoms. The van der Waals surface area contributed by atoms with Crippen LogP contribution < -0.4 is 10.1 Å². The van der Waals surface area contributed by atoms with Crippen molar-refractivity contribution in [1.29, 1.82) is 0 Å². The summed E-state index contributed by atoms with van der Waals surface area (Å²) in [7, 11) is 0. The van der Waals surface area contributed by atoms with Gasteiger partial charge >= 0.3 is 0 Å². The fourth-order valence-corrected chi connectivity index (χ4v) is 4.82. The molecule has 4 atom stereocenters. The largest absolute Gasteiger partial charge is 0.462 e. The lowest BCUT2D eigenvalue weighted by Gasteiger charge is -2.48. The third-order valence-corrected chi connectivity index (χ3v) is 6.85. The molecule has 1 amide bonds. The number of carbonyl (C=O) groups excluding carboxylic acids is 1. The summed E-state index contributed by atoms with van der Waals surface area (Å²) in [6, 6.07) is 14.0. The molecule has 4 rings (SSSR count). The van der Waals surface area contributed by atoms with Crippen molar-refractivity contribution in [2.75, 3.05) is 6.54 Å². The van der Waals surface area contributed by atoms with Gasteiger partial charge < -0.3 is 25.0 Å². The first-order valence-electron chi connectivity index (χ1n) is 11.6. The van der Waals surface area contributed by atoms with Crippen LogP contribution in [0.15, 0.2) is 54.6 Å². The zero-order valence-corrected chi connectivity index (χ0v) is 19.5. The molecule has 2 aromatic rings. The molecular formula is C27H33NO5. The maximum Gasteiger partial charge on any atom is 0.229 e. The summed E-state index contributed by atoms with van der Waals surface area (Å²) >= 11 is 0. The van der Waals surface area contributed by atoms with Gasteiger partial charge in [-0.25, -0.2) is 0 Å². The first kappa shape index (κ1) is 23.5. The highest BCUT2D eigenvalue weighted by Gasteiger charge is 2.52. The Morgan fingerprint density at radius 2 is 1.91 bits per heavy atom. The summed E-state index contributed by atoms with van der Waals surface area (Å²) in [6.07, 6.45) is 3.12. The van der Waals surface area contributed by atoms with E-state index in [9.17, 15) is 15.0 Å². The van der Waals surface area contributed by atoms with Gasteiger partial charge in [0.15, 0.2) is 0 Å². The minimum atomic E-state index is -1.15. The lowest BCUT2D eigenvalue weighted by molar-refractivity contribution is -0.292. The Morgan fingerprint density at radius 1 is 1.15 bits per heavy atom. The molecule has 2 aliphatic rings. The van der Waals surface area contributed by atoms with Gasteiger partial charge in [-0.05, 0) is 55.0 Å². The van der Waals surface area contributed by atoms with Crippen LogP contribution in [-0.4, -0.2) is 46.8 Å². The molecule has 0 unspecified atom stereocenters. The van der Waals surface area contributed by atoms with Gasteiger partial charge in [0.25, 0.3) is 0 Å². The van der Waals surface area contributed by atoms with Crippen LogP contribution in [0, 0.1) is 12.8 Å². The molecule has 1 fully saturated rings. The Morgan fingerprint density at radius 3 is 2.61 bits per heavy atom. The summed E-state index contributed by atoms with van der Waals surface area (Å²) in [4.78, 5) is 11.3. The molecule has 176 valence electrons. The Bertz CT molecular complexity index is 1020. The Balaban J connectivity index is 1.61. The lowest BCUT2D eigenvalue weighted by Crippen LogP contribution is -2.60. The molecule has 1 heterocycles.